The van der Waals surface area contributed by atoms with Crippen molar-refractivity contribution in [3.05, 3.63) is 65.9 Å². The summed E-state index contributed by atoms with van der Waals surface area (Å²) in [5.74, 6) is -1.29. The molecule has 0 bridgehead atoms. The van der Waals surface area contributed by atoms with Gasteiger partial charge >= 0.3 is 18.2 Å². The van der Waals surface area contributed by atoms with E-state index in [2.05, 4.69) is 4.90 Å². The molecule has 3 aliphatic rings. The van der Waals surface area contributed by atoms with Crippen molar-refractivity contribution in [3.63, 3.8) is 0 Å². The summed E-state index contributed by atoms with van der Waals surface area (Å²) in [4.78, 5) is 49.1. The van der Waals surface area contributed by atoms with Crippen LogP contribution in [-0.4, -0.2) is 118 Å². The van der Waals surface area contributed by atoms with Crippen molar-refractivity contribution in [2.45, 2.75) is 64.8 Å². The Balaban J connectivity index is 1.35. The van der Waals surface area contributed by atoms with E-state index in [4.69, 9.17) is 29.0 Å². The second kappa shape index (κ2) is 13.9. The predicted octanol–water partition coefficient (Wildman–Crippen LogP) is 5.95. The number of hydrogen-bond acceptors (Lipinski definition) is 10. The molecule has 14 nitrogen and oxygen atoms in total. The summed E-state index contributed by atoms with van der Waals surface area (Å²) in [6.07, 6.45) is -1.28. The molecule has 2 aromatic carbocycles. The van der Waals surface area contributed by atoms with Crippen LogP contribution in [0.15, 0.2) is 54.6 Å². The number of para-hydroxylation sites is 1. The summed E-state index contributed by atoms with van der Waals surface area (Å²) in [7, 11) is 0. The van der Waals surface area contributed by atoms with Crippen molar-refractivity contribution < 1.29 is 38.4 Å². The highest BCUT2D eigenvalue weighted by atomic mass is 16.6. The van der Waals surface area contributed by atoms with E-state index in [1.807, 2.05) is 96.1 Å². The number of nitrogens with zero attached hydrogens (tertiary/aromatic N) is 6. The average Bonchev–Trinajstić information content (AvgIpc) is 3.42. The SMILES string of the molecule is CC(C)(C)OC(=O)N1CC(Oc2nn(-c3ccccc3)c3nc(C(=O)O)c(C4CN(C(=O)OC(C)(C)C)C4)c(-c4ccc(N5CCOCC5)cc4)c23)C1. The number of amides is 2. The van der Waals surface area contributed by atoms with Crippen molar-refractivity contribution >= 4 is 34.9 Å². The number of benzene rings is 2. The lowest BCUT2D eigenvalue weighted by molar-refractivity contribution is -0.0229. The molecule has 4 aromatic rings. The van der Waals surface area contributed by atoms with E-state index in [-0.39, 0.29) is 30.6 Å². The normalized spacial score (nSPS) is 17.0. The third-order valence-electron chi connectivity index (χ3n) is 9.28. The van der Waals surface area contributed by atoms with Crippen LogP contribution in [0.2, 0.25) is 0 Å². The zero-order valence-electron chi connectivity index (χ0n) is 31.0. The van der Waals surface area contributed by atoms with Gasteiger partial charge in [-0.2, -0.15) is 0 Å². The van der Waals surface area contributed by atoms with Gasteiger partial charge in [0.15, 0.2) is 11.3 Å². The van der Waals surface area contributed by atoms with Crippen molar-refractivity contribution in [3.8, 4) is 22.7 Å². The molecule has 2 amide bonds. The molecule has 0 atom stereocenters. The Morgan fingerprint density at radius 1 is 0.792 bits per heavy atom. The van der Waals surface area contributed by atoms with Crippen molar-refractivity contribution in [1.82, 2.24) is 24.6 Å². The number of aromatic nitrogens is 3. The minimum Gasteiger partial charge on any atom is -0.477 e. The molecule has 5 heterocycles. The number of fused-ring (bicyclic) bond motifs is 1. The third kappa shape index (κ3) is 7.59. The Bertz CT molecular complexity index is 2000. The molecule has 0 saturated carbocycles. The van der Waals surface area contributed by atoms with Crippen molar-refractivity contribution in [1.29, 1.82) is 0 Å². The quantitative estimate of drug-likeness (QED) is 0.241. The molecule has 0 radical (unpaired) electrons. The fourth-order valence-corrected chi connectivity index (χ4v) is 6.77. The molecule has 3 aliphatic heterocycles. The van der Waals surface area contributed by atoms with E-state index >= 15 is 0 Å². The molecule has 0 unspecified atom stereocenters. The van der Waals surface area contributed by atoms with Gasteiger partial charge in [-0.25, -0.2) is 24.0 Å². The van der Waals surface area contributed by atoms with Crippen LogP contribution in [0.5, 0.6) is 5.88 Å². The molecule has 2 aromatic heterocycles. The molecule has 1 N–H and O–H groups in total. The van der Waals surface area contributed by atoms with Crippen molar-refractivity contribution in [2.24, 2.45) is 0 Å². The molecule has 0 aliphatic carbocycles. The highest BCUT2D eigenvalue weighted by molar-refractivity contribution is 6.04. The van der Waals surface area contributed by atoms with Gasteiger partial charge in [-0.1, -0.05) is 30.3 Å². The minimum atomic E-state index is -1.20. The summed E-state index contributed by atoms with van der Waals surface area (Å²) in [6, 6.07) is 17.4. The highest BCUT2D eigenvalue weighted by Gasteiger charge is 2.41. The first-order chi connectivity index (χ1) is 25.1. The summed E-state index contributed by atoms with van der Waals surface area (Å²) in [5.41, 5.74) is 2.43. The highest BCUT2D eigenvalue weighted by Crippen LogP contribution is 2.45. The van der Waals surface area contributed by atoms with Gasteiger partial charge in [0.2, 0.25) is 5.88 Å². The van der Waals surface area contributed by atoms with Gasteiger partial charge in [0.25, 0.3) is 0 Å². The lowest BCUT2D eigenvalue weighted by Crippen LogP contribution is -2.57. The van der Waals surface area contributed by atoms with E-state index in [0.717, 1.165) is 24.3 Å². The van der Waals surface area contributed by atoms with E-state index in [1.54, 1.807) is 14.5 Å². The number of ether oxygens (including phenoxy) is 4. The number of morpholine rings is 1. The first-order valence-corrected chi connectivity index (χ1v) is 18.0. The number of likely N-dealkylation sites (tertiary alicyclic amines) is 2. The number of carboxylic acids is 1. The summed E-state index contributed by atoms with van der Waals surface area (Å²) >= 11 is 0. The third-order valence-corrected chi connectivity index (χ3v) is 9.28. The molecule has 280 valence electrons. The van der Waals surface area contributed by atoms with Gasteiger partial charge in [0.1, 0.15) is 17.3 Å². The molecule has 7 rings (SSSR count). The van der Waals surface area contributed by atoms with Crippen molar-refractivity contribution in [2.75, 3.05) is 57.4 Å². The largest absolute Gasteiger partial charge is 0.477 e. The summed E-state index contributed by atoms with van der Waals surface area (Å²) < 4.78 is 24.9. The average molecular weight is 727 g/mol. The summed E-state index contributed by atoms with van der Waals surface area (Å²) in [6.45, 7) is 14.8. The monoisotopic (exact) mass is 726 g/mol. The Labute approximate surface area is 308 Å². The molecule has 14 heteroatoms. The number of carbonyl (C=O) groups excluding carboxylic acids is 2. The Morgan fingerprint density at radius 3 is 1.94 bits per heavy atom. The van der Waals surface area contributed by atoms with Gasteiger partial charge in [0.05, 0.1) is 37.4 Å². The van der Waals surface area contributed by atoms with E-state index in [9.17, 15) is 19.5 Å². The number of hydrogen-bond donors (Lipinski definition) is 1. The topological polar surface area (TPSA) is 149 Å². The molecule has 3 fully saturated rings. The molecular formula is C39H46N6O8. The smallest absolute Gasteiger partial charge is 0.410 e. The lowest BCUT2D eigenvalue weighted by Gasteiger charge is -2.41. The maximum atomic E-state index is 13.1. The number of aromatic carboxylic acids is 1. The molecule has 3 saturated heterocycles. The van der Waals surface area contributed by atoms with Gasteiger partial charge in [-0.3, -0.25) is 0 Å². The maximum absolute atomic E-state index is 13.1. The predicted molar refractivity (Wildman–Crippen MR) is 197 cm³/mol. The van der Waals surface area contributed by atoms with E-state index in [1.165, 1.54) is 0 Å². The fraction of sp³-hybridized carbons (Fsp3) is 0.462. The van der Waals surface area contributed by atoms with Crippen LogP contribution in [0.25, 0.3) is 27.8 Å². The number of anilines is 1. The Kier molecular flexibility index (Phi) is 9.43. The van der Waals surface area contributed by atoms with E-state index in [0.29, 0.717) is 54.2 Å². The Hall–Kier alpha value is -5.37. The number of rotatable bonds is 7. The number of carbonyl (C=O) groups is 3. The standard InChI is InChI=1S/C39H46N6O8/c1-38(2,3)52-36(48)43-20-25(21-43)30-29(24-12-14-26(15-13-24)42-16-18-50-19-17-42)31-33(40-32(30)35(46)47)45(27-10-8-7-9-11-27)41-34(31)51-28-22-44(23-28)37(49)53-39(4,5)6/h7-15,25,28H,16-23H2,1-6H3,(H,46,47). The molecular weight excluding hydrogens is 680 g/mol. The van der Waals surface area contributed by atoms with Crippen LogP contribution >= 0.6 is 0 Å². The fourth-order valence-electron chi connectivity index (χ4n) is 6.77. The molecule has 0 spiro atoms. The molecule has 53 heavy (non-hydrogen) atoms. The second-order valence-corrected chi connectivity index (χ2v) is 15.7. The number of pyridine rings is 1. The van der Waals surface area contributed by atoms with Gasteiger partial charge in [0, 0.05) is 48.9 Å². The second-order valence-electron chi connectivity index (χ2n) is 15.7. The van der Waals surface area contributed by atoms with Crippen LogP contribution in [0.4, 0.5) is 15.3 Å². The zero-order valence-corrected chi connectivity index (χ0v) is 31.0. The van der Waals surface area contributed by atoms with Gasteiger partial charge < -0.3 is 38.8 Å². The Morgan fingerprint density at radius 2 is 1.38 bits per heavy atom. The van der Waals surface area contributed by atoms with Crippen LogP contribution in [0.1, 0.15) is 63.5 Å². The number of carboxylic acid groups (broad SMARTS) is 1. The first kappa shape index (κ1) is 36.0. The summed E-state index contributed by atoms with van der Waals surface area (Å²) in [5, 5.41) is 16.2. The zero-order chi connectivity index (χ0) is 37.7. The lowest BCUT2D eigenvalue weighted by atomic mass is 9.83. The minimum absolute atomic E-state index is 0.123. The van der Waals surface area contributed by atoms with Crippen LogP contribution in [0, 0.1) is 0 Å². The van der Waals surface area contributed by atoms with Crippen LogP contribution in [-0.2, 0) is 14.2 Å². The van der Waals surface area contributed by atoms with Gasteiger partial charge in [-0.15, -0.1) is 5.10 Å². The first-order valence-electron chi connectivity index (χ1n) is 18.0. The van der Waals surface area contributed by atoms with Crippen LogP contribution < -0.4 is 9.64 Å². The van der Waals surface area contributed by atoms with Gasteiger partial charge in [-0.05, 0) is 71.4 Å². The van der Waals surface area contributed by atoms with E-state index < -0.39 is 35.5 Å². The van der Waals surface area contributed by atoms with Crippen LogP contribution in [0.3, 0.4) is 0 Å². The maximum Gasteiger partial charge on any atom is 0.410 e.